The Morgan fingerprint density at radius 3 is 2.55 bits per heavy atom. The first-order valence-corrected chi connectivity index (χ1v) is 6.96. The SMILES string of the molecule is CC(=O)Nc1cc(NC(=O)C2CCNCC2)ccc1C. The summed E-state index contributed by atoms with van der Waals surface area (Å²) >= 11 is 0. The van der Waals surface area contributed by atoms with Crippen LogP contribution in [0.25, 0.3) is 0 Å². The van der Waals surface area contributed by atoms with Crippen LogP contribution in [0.3, 0.4) is 0 Å². The van der Waals surface area contributed by atoms with E-state index in [4.69, 9.17) is 0 Å². The van der Waals surface area contributed by atoms with E-state index in [0.717, 1.165) is 42.9 Å². The number of amides is 2. The molecule has 1 heterocycles. The number of piperidine rings is 1. The van der Waals surface area contributed by atoms with E-state index in [1.807, 2.05) is 19.1 Å². The van der Waals surface area contributed by atoms with Crippen molar-refractivity contribution in [1.82, 2.24) is 5.32 Å². The molecule has 0 radical (unpaired) electrons. The van der Waals surface area contributed by atoms with Crippen LogP contribution in [0.4, 0.5) is 11.4 Å². The van der Waals surface area contributed by atoms with Crippen molar-refractivity contribution in [2.45, 2.75) is 26.7 Å². The van der Waals surface area contributed by atoms with E-state index < -0.39 is 0 Å². The lowest BCUT2D eigenvalue weighted by Crippen LogP contribution is -2.34. The molecule has 0 atom stereocenters. The summed E-state index contributed by atoms with van der Waals surface area (Å²) in [5.41, 5.74) is 2.43. The molecule has 0 aliphatic carbocycles. The highest BCUT2D eigenvalue weighted by Gasteiger charge is 2.20. The van der Waals surface area contributed by atoms with Crippen LogP contribution in [-0.2, 0) is 9.59 Å². The summed E-state index contributed by atoms with van der Waals surface area (Å²) in [5, 5.41) is 8.94. The van der Waals surface area contributed by atoms with Crippen molar-refractivity contribution in [3.8, 4) is 0 Å². The van der Waals surface area contributed by atoms with Gasteiger partial charge in [0.15, 0.2) is 0 Å². The molecular formula is C15H21N3O2. The van der Waals surface area contributed by atoms with Gasteiger partial charge in [0.25, 0.3) is 0 Å². The number of benzene rings is 1. The number of nitrogens with one attached hydrogen (secondary N) is 3. The number of carbonyl (C=O) groups excluding carboxylic acids is 2. The standard InChI is InChI=1S/C15H21N3O2/c1-10-3-4-13(9-14(10)17-11(2)19)18-15(20)12-5-7-16-8-6-12/h3-4,9,12,16H,5-8H2,1-2H3,(H,17,19)(H,18,20). The van der Waals surface area contributed by atoms with Gasteiger partial charge in [-0.15, -0.1) is 0 Å². The van der Waals surface area contributed by atoms with Crippen LogP contribution in [-0.4, -0.2) is 24.9 Å². The van der Waals surface area contributed by atoms with Gasteiger partial charge in [0, 0.05) is 24.2 Å². The Balaban J connectivity index is 2.05. The molecule has 0 bridgehead atoms. The quantitative estimate of drug-likeness (QED) is 0.789. The molecule has 1 aliphatic heterocycles. The Kier molecular flexibility index (Phi) is 4.74. The monoisotopic (exact) mass is 275 g/mol. The van der Waals surface area contributed by atoms with Crippen LogP contribution in [0.15, 0.2) is 18.2 Å². The Hall–Kier alpha value is -1.88. The molecule has 1 aliphatic rings. The predicted molar refractivity (Wildman–Crippen MR) is 79.7 cm³/mol. The van der Waals surface area contributed by atoms with Crippen LogP contribution in [0, 0.1) is 12.8 Å². The van der Waals surface area contributed by atoms with Crippen molar-refractivity contribution in [1.29, 1.82) is 0 Å². The lowest BCUT2D eigenvalue weighted by molar-refractivity contribution is -0.120. The average Bonchev–Trinajstić information content (AvgIpc) is 2.43. The van der Waals surface area contributed by atoms with Gasteiger partial charge in [-0.1, -0.05) is 6.07 Å². The maximum Gasteiger partial charge on any atom is 0.227 e. The van der Waals surface area contributed by atoms with Gasteiger partial charge in [-0.25, -0.2) is 0 Å². The zero-order valence-corrected chi connectivity index (χ0v) is 12.0. The Morgan fingerprint density at radius 1 is 1.20 bits per heavy atom. The minimum Gasteiger partial charge on any atom is -0.326 e. The predicted octanol–water partition coefficient (Wildman–Crippen LogP) is 1.89. The van der Waals surface area contributed by atoms with E-state index in [0.29, 0.717) is 0 Å². The molecule has 1 saturated heterocycles. The summed E-state index contributed by atoms with van der Waals surface area (Å²) in [5.74, 6) is 0.0147. The molecule has 5 heteroatoms. The second-order valence-corrected chi connectivity index (χ2v) is 5.22. The third kappa shape index (κ3) is 3.81. The molecule has 5 nitrogen and oxygen atoms in total. The number of rotatable bonds is 3. The van der Waals surface area contributed by atoms with E-state index in [2.05, 4.69) is 16.0 Å². The zero-order chi connectivity index (χ0) is 14.5. The summed E-state index contributed by atoms with van der Waals surface area (Å²) in [6, 6.07) is 5.55. The highest BCUT2D eigenvalue weighted by Crippen LogP contribution is 2.22. The van der Waals surface area contributed by atoms with Gasteiger partial charge in [0.1, 0.15) is 0 Å². The highest BCUT2D eigenvalue weighted by atomic mass is 16.2. The Bertz CT molecular complexity index is 508. The maximum absolute atomic E-state index is 12.2. The van der Waals surface area contributed by atoms with E-state index >= 15 is 0 Å². The summed E-state index contributed by atoms with van der Waals surface area (Å²) < 4.78 is 0. The first-order chi connectivity index (χ1) is 9.56. The summed E-state index contributed by atoms with van der Waals surface area (Å²) in [4.78, 5) is 23.3. The van der Waals surface area contributed by atoms with Crippen LogP contribution in [0.5, 0.6) is 0 Å². The molecule has 0 aromatic heterocycles. The molecule has 2 rings (SSSR count). The van der Waals surface area contributed by atoms with Gasteiger partial charge in [-0.3, -0.25) is 9.59 Å². The fraction of sp³-hybridized carbons (Fsp3) is 0.467. The van der Waals surface area contributed by atoms with Gasteiger partial charge in [0.05, 0.1) is 0 Å². The minimum atomic E-state index is -0.116. The maximum atomic E-state index is 12.2. The van der Waals surface area contributed by atoms with Crippen LogP contribution < -0.4 is 16.0 Å². The molecule has 3 N–H and O–H groups in total. The third-order valence-electron chi connectivity index (χ3n) is 3.53. The first kappa shape index (κ1) is 14.5. The lowest BCUT2D eigenvalue weighted by Gasteiger charge is -2.22. The molecule has 0 unspecified atom stereocenters. The largest absolute Gasteiger partial charge is 0.326 e. The van der Waals surface area contributed by atoms with Gasteiger partial charge >= 0.3 is 0 Å². The third-order valence-corrected chi connectivity index (χ3v) is 3.53. The fourth-order valence-electron chi connectivity index (χ4n) is 2.35. The average molecular weight is 275 g/mol. The second kappa shape index (κ2) is 6.52. The lowest BCUT2D eigenvalue weighted by atomic mass is 9.97. The summed E-state index contributed by atoms with van der Waals surface area (Å²) in [6.45, 7) is 5.18. The van der Waals surface area contributed by atoms with Crippen LogP contribution >= 0.6 is 0 Å². The molecule has 0 saturated carbocycles. The van der Waals surface area contributed by atoms with Crippen molar-refractivity contribution >= 4 is 23.2 Å². The highest BCUT2D eigenvalue weighted by molar-refractivity contribution is 5.95. The minimum absolute atomic E-state index is 0.0594. The van der Waals surface area contributed by atoms with E-state index in [1.165, 1.54) is 6.92 Å². The first-order valence-electron chi connectivity index (χ1n) is 6.96. The number of anilines is 2. The van der Waals surface area contributed by atoms with Gasteiger partial charge in [-0.2, -0.15) is 0 Å². The van der Waals surface area contributed by atoms with Crippen LogP contribution in [0.1, 0.15) is 25.3 Å². The van der Waals surface area contributed by atoms with Crippen molar-refractivity contribution in [3.05, 3.63) is 23.8 Å². The second-order valence-electron chi connectivity index (χ2n) is 5.22. The molecule has 1 aromatic rings. The Labute approximate surface area is 119 Å². The van der Waals surface area contributed by atoms with Crippen molar-refractivity contribution < 1.29 is 9.59 Å². The normalized spacial score (nSPS) is 15.7. The number of aryl methyl sites for hydroxylation is 1. The topological polar surface area (TPSA) is 70.2 Å². The van der Waals surface area contributed by atoms with Crippen molar-refractivity contribution in [2.75, 3.05) is 23.7 Å². The molecular weight excluding hydrogens is 254 g/mol. The molecule has 20 heavy (non-hydrogen) atoms. The fourth-order valence-corrected chi connectivity index (χ4v) is 2.35. The number of carbonyl (C=O) groups is 2. The van der Waals surface area contributed by atoms with E-state index in [-0.39, 0.29) is 17.7 Å². The zero-order valence-electron chi connectivity index (χ0n) is 12.0. The number of hydrogen-bond acceptors (Lipinski definition) is 3. The van der Waals surface area contributed by atoms with Crippen molar-refractivity contribution in [2.24, 2.45) is 5.92 Å². The number of hydrogen-bond donors (Lipinski definition) is 3. The summed E-state index contributed by atoms with van der Waals surface area (Å²) in [7, 11) is 0. The summed E-state index contributed by atoms with van der Waals surface area (Å²) in [6.07, 6.45) is 1.74. The molecule has 2 amide bonds. The van der Waals surface area contributed by atoms with Crippen LogP contribution in [0.2, 0.25) is 0 Å². The molecule has 108 valence electrons. The Morgan fingerprint density at radius 2 is 1.90 bits per heavy atom. The molecule has 1 aromatic carbocycles. The van der Waals surface area contributed by atoms with Gasteiger partial charge in [0.2, 0.25) is 11.8 Å². The smallest absolute Gasteiger partial charge is 0.227 e. The molecule has 1 fully saturated rings. The molecule has 0 spiro atoms. The van der Waals surface area contributed by atoms with E-state index in [9.17, 15) is 9.59 Å². The van der Waals surface area contributed by atoms with E-state index in [1.54, 1.807) is 6.07 Å². The van der Waals surface area contributed by atoms with Gasteiger partial charge in [-0.05, 0) is 50.6 Å². The van der Waals surface area contributed by atoms with Crippen molar-refractivity contribution in [3.63, 3.8) is 0 Å². The van der Waals surface area contributed by atoms with Gasteiger partial charge < -0.3 is 16.0 Å².